The van der Waals surface area contributed by atoms with Gasteiger partial charge in [0, 0.05) is 0 Å². The number of esters is 1. The van der Waals surface area contributed by atoms with Gasteiger partial charge in [-0.05, 0) is 30.5 Å². The molecule has 0 fully saturated rings. The normalized spacial score (nSPS) is 23.6. The van der Waals surface area contributed by atoms with Gasteiger partial charge in [-0.1, -0.05) is 12.1 Å². The van der Waals surface area contributed by atoms with Gasteiger partial charge in [0.2, 0.25) is 0 Å². The lowest BCUT2D eigenvalue weighted by Gasteiger charge is -2.38. The topological polar surface area (TPSA) is 26.3 Å². The molecule has 0 saturated carbocycles. The first-order valence-corrected chi connectivity index (χ1v) is 4.46. The van der Waals surface area contributed by atoms with Crippen molar-refractivity contribution in [1.82, 2.24) is 0 Å². The van der Waals surface area contributed by atoms with Gasteiger partial charge in [-0.25, -0.2) is 4.39 Å². The third-order valence-electron chi connectivity index (χ3n) is 2.88. The van der Waals surface area contributed by atoms with Gasteiger partial charge < -0.3 is 4.74 Å². The van der Waals surface area contributed by atoms with Crippen LogP contribution in [0.2, 0.25) is 0 Å². The molecule has 0 spiro atoms. The fourth-order valence-electron chi connectivity index (χ4n) is 2.00. The maximum Gasteiger partial charge on any atom is 0.316 e. The summed E-state index contributed by atoms with van der Waals surface area (Å²) in [5, 5.41) is 0. The number of carbonyl (C=O) groups excluding carboxylic acids is 1. The summed E-state index contributed by atoms with van der Waals surface area (Å²) in [6.07, 6.45) is 0.432. The van der Waals surface area contributed by atoms with Gasteiger partial charge in [0.15, 0.2) is 0 Å². The van der Waals surface area contributed by atoms with Crippen molar-refractivity contribution in [3.63, 3.8) is 0 Å². The zero-order chi connectivity index (χ0) is 10.3. The predicted octanol–water partition coefficient (Wildman–Crippen LogP) is 1.81. The van der Waals surface area contributed by atoms with Crippen LogP contribution in [-0.2, 0) is 21.4 Å². The van der Waals surface area contributed by atoms with Gasteiger partial charge in [-0.3, -0.25) is 4.79 Å². The van der Waals surface area contributed by atoms with Gasteiger partial charge >= 0.3 is 5.97 Å². The third kappa shape index (κ3) is 0.983. The molecule has 0 N–H and O–H groups in total. The molecule has 1 atom stereocenters. The predicted molar refractivity (Wildman–Crippen MR) is 49.5 cm³/mol. The average Bonchev–Trinajstić information content (AvgIpc) is 2.17. The first kappa shape index (κ1) is 9.19. The Morgan fingerprint density at radius 1 is 1.57 bits per heavy atom. The Balaban J connectivity index is 2.44. The highest BCUT2D eigenvalue weighted by Crippen LogP contribution is 2.42. The molecule has 3 heteroatoms. The Morgan fingerprint density at radius 3 is 2.93 bits per heavy atom. The van der Waals surface area contributed by atoms with E-state index in [2.05, 4.69) is 0 Å². The van der Waals surface area contributed by atoms with E-state index in [0.717, 1.165) is 5.56 Å². The molecule has 0 aliphatic heterocycles. The van der Waals surface area contributed by atoms with Gasteiger partial charge in [0.25, 0.3) is 0 Å². The highest BCUT2D eigenvalue weighted by atomic mass is 19.1. The summed E-state index contributed by atoms with van der Waals surface area (Å²) < 4.78 is 17.9. The first-order chi connectivity index (χ1) is 6.59. The molecule has 0 amide bonds. The zero-order valence-corrected chi connectivity index (χ0v) is 8.13. The molecule has 74 valence electrons. The molecule has 1 aromatic carbocycles. The van der Waals surface area contributed by atoms with Crippen LogP contribution in [0.1, 0.15) is 18.1 Å². The molecule has 1 aromatic rings. The summed E-state index contributed by atoms with van der Waals surface area (Å²) >= 11 is 0. The molecule has 0 aromatic heterocycles. The highest BCUT2D eigenvalue weighted by molar-refractivity contribution is 5.86. The van der Waals surface area contributed by atoms with Crippen molar-refractivity contribution in [3.8, 4) is 0 Å². The molecule has 0 radical (unpaired) electrons. The van der Waals surface area contributed by atoms with Crippen molar-refractivity contribution < 1.29 is 13.9 Å². The molecule has 14 heavy (non-hydrogen) atoms. The van der Waals surface area contributed by atoms with Crippen LogP contribution in [0.3, 0.4) is 0 Å². The lowest BCUT2D eigenvalue weighted by atomic mass is 9.65. The van der Waals surface area contributed by atoms with Crippen LogP contribution in [0.5, 0.6) is 0 Å². The third-order valence-corrected chi connectivity index (χ3v) is 2.88. The molecule has 2 rings (SSSR count). The lowest BCUT2D eigenvalue weighted by Crippen LogP contribution is -2.44. The Labute approximate surface area is 81.7 Å². The van der Waals surface area contributed by atoms with E-state index in [1.807, 2.05) is 0 Å². The standard InChI is InChI=1S/C11H11FO2/c1-11(10(13)14-2)6-7-8(11)4-3-5-9(7)12/h3-5H,6H2,1-2H3. The Kier molecular flexibility index (Phi) is 1.84. The maximum atomic E-state index is 13.2. The summed E-state index contributed by atoms with van der Waals surface area (Å²) in [6.45, 7) is 1.78. The first-order valence-electron chi connectivity index (χ1n) is 4.46. The van der Waals surface area contributed by atoms with Crippen LogP contribution < -0.4 is 0 Å². The van der Waals surface area contributed by atoms with E-state index in [1.54, 1.807) is 19.1 Å². The summed E-state index contributed by atoms with van der Waals surface area (Å²) in [5.74, 6) is -0.528. The van der Waals surface area contributed by atoms with Crippen LogP contribution in [0.15, 0.2) is 18.2 Å². The van der Waals surface area contributed by atoms with E-state index in [-0.39, 0.29) is 11.8 Å². The summed E-state index contributed by atoms with van der Waals surface area (Å²) in [4.78, 5) is 11.4. The van der Waals surface area contributed by atoms with E-state index >= 15 is 0 Å². The number of benzene rings is 1. The van der Waals surface area contributed by atoms with Gasteiger partial charge in [-0.2, -0.15) is 0 Å². The van der Waals surface area contributed by atoms with Gasteiger partial charge in [0.1, 0.15) is 5.82 Å². The van der Waals surface area contributed by atoms with Crippen LogP contribution in [-0.4, -0.2) is 13.1 Å². The minimum atomic E-state index is -0.647. The molecule has 2 nitrogen and oxygen atoms in total. The summed E-state index contributed by atoms with van der Waals surface area (Å²) in [7, 11) is 1.35. The number of fused-ring (bicyclic) bond motifs is 1. The quantitative estimate of drug-likeness (QED) is 0.637. The van der Waals surface area contributed by atoms with E-state index in [0.29, 0.717) is 12.0 Å². The fraction of sp³-hybridized carbons (Fsp3) is 0.364. The Hall–Kier alpha value is -1.38. The molecule has 1 aliphatic carbocycles. The second kappa shape index (κ2) is 2.80. The van der Waals surface area contributed by atoms with Gasteiger partial charge in [-0.15, -0.1) is 0 Å². The van der Waals surface area contributed by atoms with Crippen molar-refractivity contribution in [2.24, 2.45) is 0 Å². The second-order valence-electron chi connectivity index (χ2n) is 3.77. The fourth-order valence-corrected chi connectivity index (χ4v) is 2.00. The molecular weight excluding hydrogens is 183 g/mol. The highest BCUT2D eigenvalue weighted by Gasteiger charge is 2.47. The van der Waals surface area contributed by atoms with Crippen LogP contribution >= 0.6 is 0 Å². The number of halogens is 1. The number of rotatable bonds is 1. The second-order valence-corrected chi connectivity index (χ2v) is 3.77. The van der Waals surface area contributed by atoms with Crippen LogP contribution in [0, 0.1) is 5.82 Å². The van der Waals surface area contributed by atoms with Crippen LogP contribution in [0.4, 0.5) is 4.39 Å². The van der Waals surface area contributed by atoms with E-state index in [1.165, 1.54) is 13.2 Å². The SMILES string of the molecule is COC(=O)C1(C)Cc2c(F)cccc21. The summed E-state index contributed by atoms with van der Waals surface area (Å²) in [5.41, 5.74) is 0.747. The molecule has 1 aliphatic rings. The monoisotopic (exact) mass is 194 g/mol. The van der Waals surface area contributed by atoms with Crippen molar-refractivity contribution in [2.75, 3.05) is 7.11 Å². The molecule has 1 unspecified atom stereocenters. The van der Waals surface area contributed by atoms with E-state index < -0.39 is 5.41 Å². The van der Waals surface area contributed by atoms with Crippen molar-refractivity contribution in [1.29, 1.82) is 0 Å². The number of ether oxygens (including phenoxy) is 1. The minimum Gasteiger partial charge on any atom is -0.468 e. The van der Waals surface area contributed by atoms with Crippen molar-refractivity contribution >= 4 is 5.97 Å². The van der Waals surface area contributed by atoms with Crippen LogP contribution in [0.25, 0.3) is 0 Å². The number of hydrogen-bond acceptors (Lipinski definition) is 2. The molecular formula is C11H11FO2. The van der Waals surface area contributed by atoms with E-state index in [9.17, 15) is 9.18 Å². The zero-order valence-electron chi connectivity index (χ0n) is 8.13. The number of carbonyl (C=O) groups is 1. The largest absolute Gasteiger partial charge is 0.468 e. The lowest BCUT2D eigenvalue weighted by molar-refractivity contribution is -0.148. The number of hydrogen-bond donors (Lipinski definition) is 0. The summed E-state index contributed by atoms with van der Waals surface area (Å²) in [6, 6.07) is 4.81. The van der Waals surface area contributed by atoms with E-state index in [4.69, 9.17) is 4.74 Å². The average molecular weight is 194 g/mol. The molecule has 0 saturated heterocycles. The van der Waals surface area contributed by atoms with Crippen molar-refractivity contribution in [3.05, 3.63) is 35.1 Å². The maximum absolute atomic E-state index is 13.2. The Morgan fingerprint density at radius 2 is 2.29 bits per heavy atom. The van der Waals surface area contributed by atoms with Gasteiger partial charge in [0.05, 0.1) is 12.5 Å². The minimum absolute atomic E-state index is 0.233. The smallest absolute Gasteiger partial charge is 0.316 e. The molecule has 0 bridgehead atoms. The molecule has 0 heterocycles. The number of methoxy groups -OCH3 is 1. The Bertz CT molecular complexity index is 400. The van der Waals surface area contributed by atoms with Crippen molar-refractivity contribution in [2.45, 2.75) is 18.8 Å².